The lowest BCUT2D eigenvalue weighted by molar-refractivity contribution is 0.0642. The van der Waals surface area contributed by atoms with E-state index in [0.717, 1.165) is 18.4 Å². The van der Waals surface area contributed by atoms with Gasteiger partial charge in [-0.25, -0.2) is 0 Å². The van der Waals surface area contributed by atoms with Gasteiger partial charge in [0, 0.05) is 13.1 Å². The topological polar surface area (TPSA) is 66.9 Å². The Morgan fingerprint density at radius 3 is 2.27 bits per heavy atom. The van der Waals surface area contributed by atoms with Crippen molar-refractivity contribution in [3.05, 3.63) is 76.9 Å². The van der Waals surface area contributed by atoms with Crippen LogP contribution in [0.2, 0.25) is 0 Å². The van der Waals surface area contributed by atoms with Crippen molar-refractivity contribution in [3.63, 3.8) is 0 Å². The molecule has 2 aliphatic rings. The van der Waals surface area contributed by atoms with Crippen molar-refractivity contribution >= 4 is 17.7 Å². The molecule has 0 atom stereocenters. The number of benzene rings is 2. The fourth-order valence-corrected chi connectivity index (χ4v) is 3.89. The van der Waals surface area contributed by atoms with E-state index in [4.69, 9.17) is 4.74 Å². The van der Waals surface area contributed by atoms with Crippen molar-refractivity contribution < 1.29 is 19.1 Å². The third-order valence-electron chi connectivity index (χ3n) is 5.55. The van der Waals surface area contributed by atoms with Crippen molar-refractivity contribution in [2.75, 3.05) is 19.7 Å². The highest BCUT2D eigenvalue weighted by Gasteiger charge is 2.35. The number of amides is 3. The number of ether oxygens (including phenoxy) is 1. The molecule has 6 heteroatoms. The molecular formula is C24H24N2O4. The average Bonchev–Trinajstić information content (AvgIpc) is 3.00. The molecule has 3 amide bonds. The lowest BCUT2D eigenvalue weighted by Crippen LogP contribution is -2.36. The first-order valence-corrected chi connectivity index (χ1v) is 10.2. The van der Waals surface area contributed by atoms with Crippen molar-refractivity contribution in [1.82, 2.24) is 9.80 Å². The molecule has 4 rings (SSSR count). The van der Waals surface area contributed by atoms with Crippen molar-refractivity contribution in [2.24, 2.45) is 0 Å². The average molecular weight is 404 g/mol. The molecule has 0 N–H and O–H groups in total. The number of imide groups is 1. The molecule has 0 radical (unpaired) electrons. The molecule has 0 spiro atoms. The zero-order valence-electron chi connectivity index (χ0n) is 17.0. The van der Waals surface area contributed by atoms with Gasteiger partial charge in [0.2, 0.25) is 0 Å². The molecule has 0 aromatic heterocycles. The Kier molecular flexibility index (Phi) is 5.40. The Morgan fingerprint density at radius 1 is 1.03 bits per heavy atom. The molecule has 0 unspecified atom stereocenters. The van der Waals surface area contributed by atoms with E-state index in [1.807, 2.05) is 6.92 Å². The van der Waals surface area contributed by atoms with E-state index < -0.39 is 0 Å². The molecule has 2 heterocycles. The summed E-state index contributed by atoms with van der Waals surface area (Å²) < 4.78 is 5.68. The van der Waals surface area contributed by atoms with Gasteiger partial charge in [0.15, 0.2) is 0 Å². The lowest BCUT2D eigenvalue weighted by atomic mass is 10.0. The van der Waals surface area contributed by atoms with Gasteiger partial charge in [-0.2, -0.15) is 0 Å². The zero-order chi connectivity index (χ0) is 21.3. The van der Waals surface area contributed by atoms with Gasteiger partial charge in [-0.1, -0.05) is 30.4 Å². The third-order valence-corrected chi connectivity index (χ3v) is 5.55. The highest BCUT2D eigenvalue weighted by atomic mass is 16.5. The normalized spacial score (nSPS) is 16.1. The van der Waals surface area contributed by atoms with Crippen molar-refractivity contribution in [3.8, 4) is 5.75 Å². The third kappa shape index (κ3) is 3.61. The number of carbonyl (C=O) groups excluding carboxylic acids is 3. The number of fused-ring (bicyclic) bond motifs is 1. The molecule has 1 fully saturated rings. The Balaban J connectivity index is 1.60. The van der Waals surface area contributed by atoms with Crippen LogP contribution < -0.4 is 4.74 Å². The number of rotatable bonds is 5. The minimum Gasteiger partial charge on any atom is -0.493 e. The van der Waals surface area contributed by atoms with Crippen LogP contribution in [0.25, 0.3) is 0 Å². The first-order valence-electron chi connectivity index (χ1n) is 10.2. The second-order valence-electron chi connectivity index (χ2n) is 7.55. The van der Waals surface area contributed by atoms with Crippen LogP contribution in [0.4, 0.5) is 0 Å². The summed E-state index contributed by atoms with van der Waals surface area (Å²) in [4.78, 5) is 41.5. The summed E-state index contributed by atoms with van der Waals surface area (Å²) in [6, 6.07) is 12.1. The second kappa shape index (κ2) is 8.14. The van der Waals surface area contributed by atoms with E-state index in [9.17, 15) is 14.4 Å². The Hall–Kier alpha value is -3.41. The molecule has 30 heavy (non-hydrogen) atoms. The predicted molar refractivity (Wildman–Crippen MR) is 113 cm³/mol. The van der Waals surface area contributed by atoms with Gasteiger partial charge in [0.25, 0.3) is 17.7 Å². The number of piperidine rings is 1. The summed E-state index contributed by atoms with van der Waals surface area (Å²) in [7, 11) is 0. The van der Waals surface area contributed by atoms with E-state index in [1.54, 1.807) is 47.4 Å². The first kappa shape index (κ1) is 19.9. The smallest absolute Gasteiger partial charge is 0.261 e. The highest BCUT2D eigenvalue weighted by Crippen LogP contribution is 2.28. The molecule has 2 aromatic rings. The van der Waals surface area contributed by atoms with E-state index in [0.29, 0.717) is 47.7 Å². The van der Waals surface area contributed by atoms with Crippen LogP contribution in [-0.2, 0) is 6.54 Å². The molecule has 6 nitrogen and oxygen atoms in total. The number of hydrogen-bond donors (Lipinski definition) is 0. The quantitative estimate of drug-likeness (QED) is 0.563. The van der Waals surface area contributed by atoms with Gasteiger partial charge < -0.3 is 9.64 Å². The monoisotopic (exact) mass is 404 g/mol. The largest absolute Gasteiger partial charge is 0.493 e. The van der Waals surface area contributed by atoms with E-state index in [2.05, 4.69) is 6.58 Å². The summed E-state index contributed by atoms with van der Waals surface area (Å²) >= 11 is 0. The van der Waals surface area contributed by atoms with Crippen LogP contribution in [0, 0.1) is 0 Å². The SMILES string of the molecule is C=C1CCN(C(=O)c2cc(CN3C(=O)c4ccccc4C3=O)ccc2OCC)CC1. The molecule has 2 aromatic carbocycles. The molecule has 1 saturated heterocycles. The summed E-state index contributed by atoms with van der Waals surface area (Å²) in [5, 5.41) is 0. The Morgan fingerprint density at radius 2 is 1.67 bits per heavy atom. The van der Waals surface area contributed by atoms with Gasteiger partial charge in [0.05, 0.1) is 29.8 Å². The maximum Gasteiger partial charge on any atom is 0.261 e. The lowest BCUT2D eigenvalue weighted by Gasteiger charge is -2.29. The number of nitrogens with zero attached hydrogens (tertiary/aromatic N) is 2. The molecule has 2 aliphatic heterocycles. The van der Waals surface area contributed by atoms with Crippen molar-refractivity contribution in [2.45, 2.75) is 26.3 Å². The number of hydrogen-bond acceptors (Lipinski definition) is 4. The maximum absolute atomic E-state index is 13.2. The van der Waals surface area contributed by atoms with Gasteiger partial charge in [-0.05, 0) is 49.6 Å². The van der Waals surface area contributed by atoms with Crippen LogP contribution in [0.15, 0.2) is 54.6 Å². The number of likely N-dealkylation sites (tertiary alicyclic amines) is 1. The minimum atomic E-state index is -0.313. The summed E-state index contributed by atoms with van der Waals surface area (Å²) in [5.41, 5.74) is 3.15. The Labute approximate surface area is 175 Å². The second-order valence-corrected chi connectivity index (χ2v) is 7.55. The van der Waals surface area contributed by atoms with E-state index >= 15 is 0 Å². The number of carbonyl (C=O) groups is 3. The van der Waals surface area contributed by atoms with Gasteiger partial charge in [-0.3, -0.25) is 19.3 Å². The summed E-state index contributed by atoms with van der Waals surface area (Å²) in [6.07, 6.45) is 1.59. The fraction of sp³-hybridized carbons (Fsp3) is 0.292. The van der Waals surface area contributed by atoms with Crippen LogP contribution in [0.1, 0.15) is 56.4 Å². The predicted octanol–water partition coefficient (Wildman–Crippen LogP) is 3.67. The maximum atomic E-state index is 13.2. The van der Waals surface area contributed by atoms with Crippen LogP contribution in [0.5, 0.6) is 5.75 Å². The molecule has 0 bridgehead atoms. The van der Waals surface area contributed by atoms with E-state index in [1.165, 1.54) is 4.90 Å². The molecule has 0 aliphatic carbocycles. The van der Waals surface area contributed by atoms with Crippen molar-refractivity contribution in [1.29, 1.82) is 0 Å². The summed E-state index contributed by atoms with van der Waals surface area (Å²) in [5.74, 6) is -0.216. The first-order chi connectivity index (χ1) is 14.5. The molecule has 0 saturated carbocycles. The van der Waals surface area contributed by atoms with Gasteiger partial charge in [-0.15, -0.1) is 0 Å². The van der Waals surface area contributed by atoms with Crippen LogP contribution in [0.3, 0.4) is 0 Å². The van der Waals surface area contributed by atoms with Crippen LogP contribution >= 0.6 is 0 Å². The van der Waals surface area contributed by atoms with E-state index in [-0.39, 0.29) is 24.3 Å². The summed E-state index contributed by atoms with van der Waals surface area (Å²) in [6.45, 7) is 7.67. The molecular weight excluding hydrogens is 380 g/mol. The standard InChI is InChI=1S/C24H24N2O4/c1-3-30-21-9-8-17(14-20(21)22(27)25-12-10-16(2)11-13-25)15-26-23(28)18-6-4-5-7-19(18)24(26)29/h4-9,14H,2-3,10-13,15H2,1H3. The highest BCUT2D eigenvalue weighted by molar-refractivity contribution is 6.21. The molecule has 154 valence electrons. The fourth-order valence-electron chi connectivity index (χ4n) is 3.89. The Bertz CT molecular complexity index is 998. The van der Waals surface area contributed by atoms with Crippen LogP contribution in [-0.4, -0.2) is 47.2 Å². The zero-order valence-corrected chi connectivity index (χ0v) is 17.0. The van der Waals surface area contributed by atoms with Gasteiger partial charge >= 0.3 is 0 Å². The van der Waals surface area contributed by atoms with Gasteiger partial charge in [0.1, 0.15) is 5.75 Å². The minimum absolute atomic E-state index is 0.102.